The number of hydrogen-bond acceptors (Lipinski definition) is 6. The van der Waals surface area contributed by atoms with Crippen LogP contribution in [0.2, 0.25) is 0 Å². The number of nitrogens with one attached hydrogen (secondary N) is 2. The molecule has 0 radical (unpaired) electrons. The van der Waals surface area contributed by atoms with Crippen LogP contribution in [0, 0.1) is 6.92 Å². The van der Waals surface area contributed by atoms with E-state index in [0.717, 1.165) is 23.8 Å². The minimum absolute atomic E-state index is 0.558. The van der Waals surface area contributed by atoms with Gasteiger partial charge in [-0.3, -0.25) is 0 Å². The summed E-state index contributed by atoms with van der Waals surface area (Å²) in [4.78, 5) is 8.60. The normalized spacial score (nSPS) is 10.2. The van der Waals surface area contributed by atoms with Crippen LogP contribution in [-0.2, 0) is 6.54 Å². The van der Waals surface area contributed by atoms with E-state index in [0.29, 0.717) is 12.5 Å². The van der Waals surface area contributed by atoms with Gasteiger partial charge >= 0.3 is 0 Å². The molecule has 0 unspecified atom stereocenters. The molecule has 2 aromatic rings. The van der Waals surface area contributed by atoms with Crippen molar-refractivity contribution in [3.8, 4) is 0 Å². The van der Waals surface area contributed by atoms with E-state index >= 15 is 0 Å². The van der Waals surface area contributed by atoms with Crippen molar-refractivity contribution in [3.05, 3.63) is 29.8 Å². The fraction of sp³-hybridized carbons (Fsp3) is 0.364. The highest BCUT2D eigenvalue weighted by atomic mass is 16.5. The molecule has 0 aliphatic rings. The molecule has 0 aromatic carbocycles. The van der Waals surface area contributed by atoms with Gasteiger partial charge in [-0.05, 0) is 13.8 Å². The van der Waals surface area contributed by atoms with Gasteiger partial charge in [-0.15, -0.1) is 0 Å². The number of aromatic nitrogens is 3. The van der Waals surface area contributed by atoms with Crippen LogP contribution in [0.4, 0.5) is 11.8 Å². The first-order valence-corrected chi connectivity index (χ1v) is 5.51. The fourth-order valence-corrected chi connectivity index (χ4v) is 1.41. The third-order valence-corrected chi connectivity index (χ3v) is 2.12. The Morgan fingerprint density at radius 1 is 1.29 bits per heavy atom. The first-order valence-electron chi connectivity index (χ1n) is 5.51. The summed E-state index contributed by atoms with van der Waals surface area (Å²) in [6.45, 7) is 5.29. The lowest BCUT2D eigenvalue weighted by Crippen LogP contribution is -2.07. The Bertz CT molecular complexity index is 469. The minimum Gasteiger partial charge on any atom is -0.363 e. The number of rotatable bonds is 5. The standard InChI is InChI=1S/C11H15N5O/c1-3-12-11-15-8(2)6-10(16-11)13-7-9-4-5-14-17-9/h4-6H,3,7H2,1-2H3,(H2,12,13,15,16). The lowest BCUT2D eigenvalue weighted by Gasteiger charge is -2.07. The van der Waals surface area contributed by atoms with E-state index in [1.54, 1.807) is 6.20 Å². The summed E-state index contributed by atoms with van der Waals surface area (Å²) in [5, 5.41) is 9.88. The van der Waals surface area contributed by atoms with Crippen LogP contribution in [0.1, 0.15) is 18.4 Å². The van der Waals surface area contributed by atoms with Crippen molar-refractivity contribution in [3.63, 3.8) is 0 Å². The molecular weight excluding hydrogens is 218 g/mol. The Morgan fingerprint density at radius 3 is 2.88 bits per heavy atom. The van der Waals surface area contributed by atoms with Crippen LogP contribution in [0.25, 0.3) is 0 Å². The van der Waals surface area contributed by atoms with Crippen molar-refractivity contribution in [2.24, 2.45) is 0 Å². The molecule has 2 heterocycles. The molecule has 0 atom stereocenters. The molecule has 0 fully saturated rings. The van der Waals surface area contributed by atoms with Gasteiger partial charge in [0.15, 0.2) is 5.76 Å². The van der Waals surface area contributed by atoms with E-state index in [4.69, 9.17) is 4.52 Å². The average molecular weight is 233 g/mol. The van der Waals surface area contributed by atoms with E-state index in [9.17, 15) is 0 Å². The summed E-state index contributed by atoms with van der Waals surface area (Å²) < 4.78 is 4.99. The van der Waals surface area contributed by atoms with Crippen LogP contribution < -0.4 is 10.6 Å². The van der Waals surface area contributed by atoms with Gasteiger partial charge in [0.25, 0.3) is 0 Å². The van der Waals surface area contributed by atoms with E-state index in [1.807, 2.05) is 26.0 Å². The van der Waals surface area contributed by atoms with Crippen molar-refractivity contribution in [2.45, 2.75) is 20.4 Å². The Kier molecular flexibility index (Phi) is 3.54. The topological polar surface area (TPSA) is 75.9 Å². The highest BCUT2D eigenvalue weighted by Gasteiger charge is 2.02. The summed E-state index contributed by atoms with van der Waals surface area (Å²) in [5.41, 5.74) is 0.913. The smallest absolute Gasteiger partial charge is 0.224 e. The predicted octanol–water partition coefficient (Wildman–Crippen LogP) is 1.82. The summed E-state index contributed by atoms with van der Waals surface area (Å²) in [6.07, 6.45) is 1.62. The molecule has 0 aliphatic carbocycles. The van der Waals surface area contributed by atoms with Crippen molar-refractivity contribution >= 4 is 11.8 Å². The molecular formula is C11H15N5O. The Hall–Kier alpha value is -2.11. The maximum Gasteiger partial charge on any atom is 0.224 e. The number of anilines is 2. The fourth-order valence-electron chi connectivity index (χ4n) is 1.41. The quantitative estimate of drug-likeness (QED) is 0.820. The zero-order valence-corrected chi connectivity index (χ0v) is 9.90. The molecule has 6 heteroatoms. The van der Waals surface area contributed by atoms with Gasteiger partial charge in [0, 0.05) is 24.4 Å². The molecule has 2 rings (SSSR count). The third-order valence-electron chi connectivity index (χ3n) is 2.12. The number of aryl methyl sites for hydroxylation is 1. The summed E-state index contributed by atoms with van der Waals surface area (Å²) in [5.74, 6) is 2.17. The van der Waals surface area contributed by atoms with Crippen LogP contribution in [0.15, 0.2) is 22.9 Å². The molecule has 90 valence electrons. The van der Waals surface area contributed by atoms with Crippen molar-refractivity contribution in [1.82, 2.24) is 15.1 Å². The average Bonchev–Trinajstić information content (AvgIpc) is 2.79. The van der Waals surface area contributed by atoms with Crippen molar-refractivity contribution in [1.29, 1.82) is 0 Å². The van der Waals surface area contributed by atoms with Gasteiger partial charge in [0.1, 0.15) is 5.82 Å². The van der Waals surface area contributed by atoms with Gasteiger partial charge in [-0.25, -0.2) is 4.98 Å². The maximum absolute atomic E-state index is 4.99. The molecule has 0 saturated heterocycles. The molecule has 0 aliphatic heterocycles. The zero-order chi connectivity index (χ0) is 12.1. The Balaban J connectivity index is 2.04. The zero-order valence-electron chi connectivity index (χ0n) is 9.90. The van der Waals surface area contributed by atoms with Gasteiger partial charge < -0.3 is 15.2 Å². The first kappa shape index (κ1) is 11.4. The van der Waals surface area contributed by atoms with Crippen LogP contribution in [0.3, 0.4) is 0 Å². The van der Waals surface area contributed by atoms with E-state index in [-0.39, 0.29) is 0 Å². The van der Waals surface area contributed by atoms with Gasteiger partial charge in [0.05, 0.1) is 12.7 Å². The molecule has 2 N–H and O–H groups in total. The van der Waals surface area contributed by atoms with Crippen LogP contribution in [0.5, 0.6) is 0 Å². The number of nitrogens with zero attached hydrogens (tertiary/aromatic N) is 3. The maximum atomic E-state index is 4.99. The minimum atomic E-state index is 0.558. The predicted molar refractivity (Wildman–Crippen MR) is 64.8 cm³/mol. The highest BCUT2D eigenvalue weighted by molar-refractivity contribution is 5.42. The van der Waals surface area contributed by atoms with Crippen LogP contribution >= 0.6 is 0 Å². The largest absolute Gasteiger partial charge is 0.363 e. The monoisotopic (exact) mass is 233 g/mol. The highest BCUT2D eigenvalue weighted by Crippen LogP contribution is 2.10. The molecule has 0 bridgehead atoms. The van der Waals surface area contributed by atoms with Crippen molar-refractivity contribution in [2.75, 3.05) is 17.2 Å². The van der Waals surface area contributed by atoms with E-state index in [2.05, 4.69) is 25.8 Å². The lowest BCUT2D eigenvalue weighted by atomic mass is 10.4. The van der Waals surface area contributed by atoms with Gasteiger partial charge in [-0.1, -0.05) is 5.16 Å². The molecule has 0 spiro atoms. The Labute approximate surface area is 99.5 Å². The van der Waals surface area contributed by atoms with Crippen LogP contribution in [-0.4, -0.2) is 21.7 Å². The summed E-state index contributed by atoms with van der Waals surface area (Å²) in [6, 6.07) is 3.70. The van der Waals surface area contributed by atoms with E-state index in [1.165, 1.54) is 0 Å². The lowest BCUT2D eigenvalue weighted by molar-refractivity contribution is 0.388. The molecule has 0 amide bonds. The SMILES string of the molecule is CCNc1nc(C)cc(NCc2ccno2)n1. The Morgan fingerprint density at radius 2 is 2.18 bits per heavy atom. The third kappa shape index (κ3) is 3.17. The molecule has 6 nitrogen and oxygen atoms in total. The second kappa shape index (κ2) is 5.29. The first-order chi connectivity index (χ1) is 8.28. The second-order valence-corrected chi connectivity index (χ2v) is 3.58. The summed E-state index contributed by atoms with van der Waals surface area (Å²) >= 11 is 0. The van der Waals surface area contributed by atoms with Crippen molar-refractivity contribution < 1.29 is 4.52 Å². The molecule has 17 heavy (non-hydrogen) atoms. The molecule has 2 aromatic heterocycles. The number of hydrogen-bond donors (Lipinski definition) is 2. The summed E-state index contributed by atoms with van der Waals surface area (Å²) in [7, 11) is 0. The second-order valence-electron chi connectivity index (χ2n) is 3.58. The van der Waals surface area contributed by atoms with Gasteiger partial charge in [0.2, 0.25) is 5.95 Å². The van der Waals surface area contributed by atoms with E-state index < -0.39 is 0 Å². The molecule has 0 saturated carbocycles. The van der Waals surface area contributed by atoms with Gasteiger partial charge in [-0.2, -0.15) is 4.98 Å².